The Morgan fingerprint density at radius 2 is 2.41 bits per heavy atom. The van der Waals surface area contributed by atoms with E-state index in [1.807, 2.05) is 7.05 Å². The quantitative estimate of drug-likeness (QED) is 0.898. The molecular weight excluding hydrogens is 234 g/mol. The molecule has 2 heterocycles. The van der Waals surface area contributed by atoms with Gasteiger partial charge < -0.3 is 10.2 Å². The summed E-state index contributed by atoms with van der Waals surface area (Å²) >= 11 is 6.12. The molecule has 1 aliphatic heterocycles. The number of aromatic nitrogens is 1. The van der Waals surface area contributed by atoms with Crippen LogP contribution in [0.25, 0.3) is 0 Å². The number of rotatable bonds is 3. The first-order valence-corrected chi connectivity index (χ1v) is 6.62. The standard InChI is InChI=1S/C13H20ClN3/c1-10-4-3-5-17(9-10)13-6-11(7-15-2)12(14)8-16-13/h6,8,10,15H,3-5,7,9H2,1-2H3. The fraction of sp³-hybridized carbons (Fsp3) is 0.615. The second kappa shape index (κ2) is 5.69. The van der Waals surface area contributed by atoms with Crippen LogP contribution >= 0.6 is 11.6 Å². The zero-order valence-corrected chi connectivity index (χ0v) is 11.3. The zero-order chi connectivity index (χ0) is 12.3. The smallest absolute Gasteiger partial charge is 0.128 e. The van der Waals surface area contributed by atoms with E-state index >= 15 is 0 Å². The highest BCUT2D eigenvalue weighted by molar-refractivity contribution is 6.31. The predicted octanol–water partition coefficient (Wildman–Crippen LogP) is 2.69. The summed E-state index contributed by atoms with van der Waals surface area (Å²) in [6.45, 7) is 5.31. The van der Waals surface area contributed by atoms with Crippen LogP contribution in [0.4, 0.5) is 5.82 Å². The second-order valence-corrected chi connectivity index (χ2v) is 5.26. The first-order chi connectivity index (χ1) is 8.20. The summed E-state index contributed by atoms with van der Waals surface area (Å²) in [5.74, 6) is 1.82. The number of hydrogen-bond acceptors (Lipinski definition) is 3. The SMILES string of the molecule is CNCc1cc(N2CCCC(C)C2)ncc1Cl. The molecule has 0 bridgehead atoms. The van der Waals surface area contributed by atoms with Gasteiger partial charge in [0.15, 0.2) is 0 Å². The molecule has 1 fully saturated rings. The average Bonchev–Trinajstić information content (AvgIpc) is 2.32. The lowest BCUT2D eigenvalue weighted by Crippen LogP contribution is -2.34. The van der Waals surface area contributed by atoms with Crippen molar-refractivity contribution in [2.24, 2.45) is 5.92 Å². The monoisotopic (exact) mass is 253 g/mol. The van der Waals surface area contributed by atoms with Crippen LogP contribution in [0.15, 0.2) is 12.3 Å². The zero-order valence-electron chi connectivity index (χ0n) is 10.5. The van der Waals surface area contributed by atoms with Crippen LogP contribution in [0.1, 0.15) is 25.3 Å². The molecule has 1 aromatic rings. The second-order valence-electron chi connectivity index (χ2n) is 4.86. The number of anilines is 1. The Labute approximate surface area is 108 Å². The summed E-state index contributed by atoms with van der Waals surface area (Å²) in [7, 11) is 1.93. The third-order valence-electron chi connectivity index (χ3n) is 3.27. The maximum absolute atomic E-state index is 6.12. The molecule has 3 nitrogen and oxygen atoms in total. The Balaban J connectivity index is 2.17. The highest BCUT2D eigenvalue weighted by Gasteiger charge is 2.18. The predicted molar refractivity (Wildman–Crippen MR) is 72.6 cm³/mol. The van der Waals surface area contributed by atoms with E-state index in [1.54, 1.807) is 6.20 Å². The Kier molecular flexibility index (Phi) is 4.24. The van der Waals surface area contributed by atoms with Crippen LogP contribution in [0.2, 0.25) is 5.02 Å². The number of hydrogen-bond donors (Lipinski definition) is 1. The van der Waals surface area contributed by atoms with Crippen LogP contribution in [-0.4, -0.2) is 25.1 Å². The third-order valence-corrected chi connectivity index (χ3v) is 3.61. The molecule has 0 aromatic carbocycles. The van der Waals surface area contributed by atoms with E-state index in [4.69, 9.17) is 11.6 Å². The molecule has 17 heavy (non-hydrogen) atoms. The number of pyridine rings is 1. The molecule has 0 saturated carbocycles. The molecule has 1 saturated heterocycles. The lowest BCUT2D eigenvalue weighted by Gasteiger charge is -2.32. The van der Waals surface area contributed by atoms with Gasteiger partial charge in [0.2, 0.25) is 0 Å². The first-order valence-electron chi connectivity index (χ1n) is 6.24. The third kappa shape index (κ3) is 3.11. The van der Waals surface area contributed by atoms with Crippen molar-refractivity contribution >= 4 is 17.4 Å². The molecule has 0 amide bonds. The minimum absolute atomic E-state index is 0.744. The minimum Gasteiger partial charge on any atom is -0.356 e. The molecule has 0 aliphatic carbocycles. The van der Waals surface area contributed by atoms with Gasteiger partial charge in [0.05, 0.1) is 5.02 Å². The van der Waals surface area contributed by atoms with Crippen molar-refractivity contribution < 1.29 is 0 Å². The van der Waals surface area contributed by atoms with Gasteiger partial charge in [0.25, 0.3) is 0 Å². The van der Waals surface area contributed by atoms with Gasteiger partial charge in [-0.15, -0.1) is 0 Å². The van der Waals surface area contributed by atoms with E-state index in [0.717, 1.165) is 42.0 Å². The number of piperidine rings is 1. The van der Waals surface area contributed by atoms with Gasteiger partial charge >= 0.3 is 0 Å². The highest BCUT2D eigenvalue weighted by Crippen LogP contribution is 2.24. The maximum atomic E-state index is 6.12. The molecular formula is C13H20ClN3. The van der Waals surface area contributed by atoms with E-state index in [0.29, 0.717) is 0 Å². The highest BCUT2D eigenvalue weighted by atomic mass is 35.5. The Hall–Kier alpha value is -0.800. The Morgan fingerprint density at radius 3 is 3.12 bits per heavy atom. The summed E-state index contributed by atoms with van der Waals surface area (Å²) in [5, 5.41) is 3.88. The van der Waals surface area contributed by atoms with Crippen LogP contribution in [0, 0.1) is 5.92 Å². The van der Waals surface area contributed by atoms with E-state index in [-0.39, 0.29) is 0 Å². The topological polar surface area (TPSA) is 28.2 Å². The van der Waals surface area contributed by atoms with Crippen LogP contribution in [-0.2, 0) is 6.54 Å². The fourth-order valence-electron chi connectivity index (χ4n) is 2.36. The van der Waals surface area contributed by atoms with Gasteiger partial charge in [0, 0.05) is 25.8 Å². The fourth-order valence-corrected chi connectivity index (χ4v) is 2.53. The molecule has 2 rings (SSSR count). The van der Waals surface area contributed by atoms with Crippen molar-refractivity contribution in [3.8, 4) is 0 Å². The van der Waals surface area contributed by atoms with Gasteiger partial charge in [-0.2, -0.15) is 0 Å². The first kappa shape index (κ1) is 12.7. The van der Waals surface area contributed by atoms with Gasteiger partial charge in [-0.1, -0.05) is 18.5 Å². The number of nitrogens with one attached hydrogen (secondary N) is 1. The lowest BCUT2D eigenvalue weighted by atomic mass is 10.0. The van der Waals surface area contributed by atoms with Gasteiger partial charge in [-0.3, -0.25) is 0 Å². The van der Waals surface area contributed by atoms with Gasteiger partial charge in [0.1, 0.15) is 5.82 Å². The molecule has 0 radical (unpaired) electrons. The molecule has 4 heteroatoms. The number of halogens is 1. The number of nitrogens with zero attached hydrogens (tertiary/aromatic N) is 2. The minimum atomic E-state index is 0.744. The molecule has 1 N–H and O–H groups in total. The summed E-state index contributed by atoms with van der Waals surface area (Å²) in [5.41, 5.74) is 1.12. The van der Waals surface area contributed by atoms with Crippen LogP contribution < -0.4 is 10.2 Å². The summed E-state index contributed by atoms with van der Waals surface area (Å²) in [6.07, 6.45) is 4.35. The summed E-state index contributed by atoms with van der Waals surface area (Å²) in [4.78, 5) is 6.81. The molecule has 1 aliphatic rings. The van der Waals surface area contributed by atoms with Gasteiger partial charge in [-0.25, -0.2) is 4.98 Å². The molecule has 94 valence electrons. The van der Waals surface area contributed by atoms with Crippen molar-refractivity contribution in [1.82, 2.24) is 10.3 Å². The lowest BCUT2D eigenvalue weighted by molar-refractivity contribution is 0.444. The van der Waals surface area contributed by atoms with E-state index in [1.165, 1.54) is 12.8 Å². The van der Waals surface area contributed by atoms with Crippen LogP contribution in [0.5, 0.6) is 0 Å². The van der Waals surface area contributed by atoms with Crippen molar-refractivity contribution in [1.29, 1.82) is 0 Å². The van der Waals surface area contributed by atoms with Crippen molar-refractivity contribution in [2.75, 3.05) is 25.0 Å². The molecule has 1 atom stereocenters. The molecule has 1 aromatic heterocycles. The van der Waals surface area contributed by atoms with E-state index in [9.17, 15) is 0 Å². The average molecular weight is 254 g/mol. The van der Waals surface area contributed by atoms with Crippen molar-refractivity contribution in [3.05, 3.63) is 22.8 Å². The molecule has 1 unspecified atom stereocenters. The summed E-state index contributed by atoms with van der Waals surface area (Å²) < 4.78 is 0. The van der Waals surface area contributed by atoms with E-state index in [2.05, 4.69) is 28.2 Å². The van der Waals surface area contributed by atoms with Crippen molar-refractivity contribution in [3.63, 3.8) is 0 Å². The van der Waals surface area contributed by atoms with E-state index < -0.39 is 0 Å². The largest absolute Gasteiger partial charge is 0.356 e. The van der Waals surface area contributed by atoms with Crippen molar-refractivity contribution in [2.45, 2.75) is 26.3 Å². The Bertz CT molecular complexity index is 381. The maximum Gasteiger partial charge on any atom is 0.128 e. The molecule has 0 spiro atoms. The van der Waals surface area contributed by atoms with Crippen LogP contribution in [0.3, 0.4) is 0 Å². The Morgan fingerprint density at radius 1 is 1.59 bits per heavy atom. The summed E-state index contributed by atoms with van der Waals surface area (Å²) in [6, 6.07) is 2.11. The van der Waals surface area contributed by atoms with Gasteiger partial charge in [-0.05, 0) is 37.4 Å². The normalized spacial score (nSPS) is 20.6.